The Morgan fingerprint density at radius 3 is 1.45 bits per heavy atom. The van der Waals surface area contributed by atoms with E-state index >= 15 is 0 Å². The minimum Gasteiger partial charge on any atom is -0.372 e. The smallest absolute Gasteiger partial charge is 0.0561 e. The Kier molecular flexibility index (Phi) is 5.48. The summed E-state index contributed by atoms with van der Waals surface area (Å²) >= 11 is 0. The Hall–Kier alpha value is -2.94. The van der Waals surface area contributed by atoms with Gasteiger partial charge in [0.2, 0.25) is 0 Å². The fraction of sp³-hybridized carbons (Fsp3) is 0.308. The molecular weight excluding hydrogens is 354 g/mol. The van der Waals surface area contributed by atoms with E-state index in [0.29, 0.717) is 0 Å². The summed E-state index contributed by atoms with van der Waals surface area (Å²) in [4.78, 5) is 4.82. The molecule has 0 aliphatic carbocycles. The van der Waals surface area contributed by atoms with Crippen LogP contribution in [0.15, 0.2) is 66.7 Å². The molecule has 1 heterocycles. The molecular formula is C26H31N3. The molecule has 3 heteroatoms. The molecule has 0 aliphatic rings. The van der Waals surface area contributed by atoms with E-state index in [4.69, 9.17) is 0 Å². The highest BCUT2D eigenvalue weighted by Crippen LogP contribution is 2.36. The lowest BCUT2D eigenvalue weighted by Crippen LogP contribution is -2.21. The second kappa shape index (κ2) is 8.20. The van der Waals surface area contributed by atoms with Crippen molar-refractivity contribution in [2.75, 3.05) is 36.0 Å². The van der Waals surface area contributed by atoms with Gasteiger partial charge in [-0.25, -0.2) is 0 Å². The summed E-state index contributed by atoms with van der Waals surface area (Å²) in [6.07, 6.45) is 0. The maximum absolute atomic E-state index is 2.42. The zero-order valence-electron chi connectivity index (χ0n) is 18.0. The van der Waals surface area contributed by atoms with Crippen LogP contribution in [0.2, 0.25) is 0 Å². The molecule has 0 aliphatic heterocycles. The van der Waals surface area contributed by atoms with Gasteiger partial charge in [-0.05, 0) is 64.1 Å². The van der Waals surface area contributed by atoms with Gasteiger partial charge in [-0.1, -0.05) is 30.3 Å². The van der Waals surface area contributed by atoms with Gasteiger partial charge >= 0.3 is 0 Å². The Morgan fingerprint density at radius 1 is 0.586 bits per heavy atom. The third-order valence-corrected chi connectivity index (χ3v) is 6.01. The quantitative estimate of drug-likeness (QED) is 0.361. The number of hydrogen-bond donors (Lipinski definition) is 0. The van der Waals surface area contributed by atoms with Crippen molar-refractivity contribution in [1.29, 1.82) is 0 Å². The van der Waals surface area contributed by atoms with Gasteiger partial charge in [-0.15, -0.1) is 0 Å². The highest BCUT2D eigenvalue weighted by molar-refractivity contribution is 6.10. The molecule has 150 valence electrons. The third kappa shape index (κ3) is 3.35. The van der Waals surface area contributed by atoms with Crippen LogP contribution in [-0.2, 0) is 0 Å². The number of fused-ring (bicyclic) bond motifs is 3. The van der Waals surface area contributed by atoms with E-state index in [1.54, 1.807) is 0 Å². The molecule has 0 N–H and O–H groups in total. The Bertz CT molecular complexity index is 1030. The highest BCUT2D eigenvalue weighted by Gasteiger charge is 2.15. The van der Waals surface area contributed by atoms with Crippen LogP contribution < -0.4 is 9.80 Å². The summed E-state index contributed by atoms with van der Waals surface area (Å²) in [5.41, 5.74) is 6.32. The lowest BCUT2D eigenvalue weighted by Gasteiger charge is -2.21. The van der Waals surface area contributed by atoms with Gasteiger partial charge < -0.3 is 14.4 Å². The van der Waals surface area contributed by atoms with Crippen LogP contribution in [0.1, 0.15) is 27.7 Å². The molecule has 1 aromatic heterocycles. The second-order valence-corrected chi connectivity index (χ2v) is 7.42. The summed E-state index contributed by atoms with van der Waals surface area (Å²) in [5, 5.41) is 2.62. The molecule has 0 saturated carbocycles. The van der Waals surface area contributed by atoms with E-state index in [9.17, 15) is 0 Å². The van der Waals surface area contributed by atoms with Crippen molar-refractivity contribution in [3.05, 3.63) is 66.7 Å². The van der Waals surface area contributed by atoms with E-state index in [2.05, 4.69) is 109 Å². The first kappa shape index (κ1) is 19.4. The van der Waals surface area contributed by atoms with Crippen LogP contribution in [0.5, 0.6) is 0 Å². The Labute approximate surface area is 174 Å². The third-order valence-electron chi connectivity index (χ3n) is 6.01. The minimum atomic E-state index is 1.01. The van der Waals surface area contributed by atoms with Crippen molar-refractivity contribution in [3.63, 3.8) is 0 Å². The maximum Gasteiger partial charge on any atom is 0.0561 e. The molecule has 0 unspecified atom stereocenters. The zero-order valence-corrected chi connectivity index (χ0v) is 18.0. The van der Waals surface area contributed by atoms with Crippen LogP contribution in [0.3, 0.4) is 0 Å². The number of benzene rings is 3. The standard InChI is InChI=1S/C26H31N3/c1-5-27(6-2)21-14-16-23-24-17-15-22(28(7-3)8-4)19-26(24)29(25(23)18-21)20-12-10-9-11-13-20/h9-19H,5-8H2,1-4H3. The Morgan fingerprint density at radius 2 is 1.03 bits per heavy atom. The highest BCUT2D eigenvalue weighted by atomic mass is 15.1. The molecule has 29 heavy (non-hydrogen) atoms. The summed E-state index contributed by atoms with van der Waals surface area (Å²) < 4.78 is 2.42. The van der Waals surface area contributed by atoms with Crippen molar-refractivity contribution in [1.82, 2.24) is 4.57 Å². The fourth-order valence-corrected chi connectivity index (χ4v) is 4.42. The lowest BCUT2D eigenvalue weighted by atomic mass is 10.1. The van der Waals surface area contributed by atoms with Gasteiger partial charge in [0.05, 0.1) is 11.0 Å². The first-order valence-electron chi connectivity index (χ1n) is 10.8. The molecule has 4 aromatic rings. The molecule has 0 atom stereocenters. The molecule has 0 fully saturated rings. The largest absolute Gasteiger partial charge is 0.372 e. The maximum atomic E-state index is 2.42. The number of nitrogens with zero attached hydrogens (tertiary/aromatic N) is 3. The summed E-state index contributed by atoms with van der Waals surface area (Å²) in [6.45, 7) is 12.9. The van der Waals surface area contributed by atoms with Gasteiger partial charge in [-0.2, -0.15) is 0 Å². The predicted octanol–water partition coefficient (Wildman–Crippen LogP) is 6.48. The van der Waals surface area contributed by atoms with Crippen LogP contribution in [-0.4, -0.2) is 30.7 Å². The Balaban J connectivity index is 2.04. The van der Waals surface area contributed by atoms with E-state index in [0.717, 1.165) is 26.2 Å². The molecule has 3 aromatic carbocycles. The second-order valence-electron chi connectivity index (χ2n) is 7.42. The monoisotopic (exact) mass is 385 g/mol. The summed E-state index contributed by atoms with van der Waals surface area (Å²) in [7, 11) is 0. The van der Waals surface area contributed by atoms with Crippen LogP contribution >= 0.6 is 0 Å². The van der Waals surface area contributed by atoms with E-state index in [1.807, 2.05) is 0 Å². The van der Waals surface area contributed by atoms with Crippen molar-refractivity contribution in [2.45, 2.75) is 27.7 Å². The van der Waals surface area contributed by atoms with Crippen molar-refractivity contribution in [3.8, 4) is 5.69 Å². The van der Waals surface area contributed by atoms with Gasteiger partial charge in [0.1, 0.15) is 0 Å². The fourth-order valence-electron chi connectivity index (χ4n) is 4.42. The van der Waals surface area contributed by atoms with Gasteiger partial charge in [0.25, 0.3) is 0 Å². The number of aromatic nitrogens is 1. The van der Waals surface area contributed by atoms with Crippen LogP contribution in [0, 0.1) is 0 Å². The van der Waals surface area contributed by atoms with Gasteiger partial charge in [0, 0.05) is 54.0 Å². The minimum absolute atomic E-state index is 1.01. The van der Waals surface area contributed by atoms with Crippen molar-refractivity contribution < 1.29 is 0 Å². The average molecular weight is 386 g/mol. The normalized spacial score (nSPS) is 11.3. The van der Waals surface area contributed by atoms with E-state index in [-0.39, 0.29) is 0 Å². The molecule has 3 nitrogen and oxygen atoms in total. The summed E-state index contributed by atoms with van der Waals surface area (Å²) in [5.74, 6) is 0. The van der Waals surface area contributed by atoms with Crippen LogP contribution in [0.4, 0.5) is 11.4 Å². The number of hydrogen-bond acceptors (Lipinski definition) is 2. The predicted molar refractivity (Wildman–Crippen MR) is 128 cm³/mol. The molecule has 0 amide bonds. The number of para-hydroxylation sites is 1. The first-order valence-corrected chi connectivity index (χ1v) is 10.8. The number of rotatable bonds is 7. The lowest BCUT2D eigenvalue weighted by molar-refractivity contribution is 0.866. The molecule has 0 saturated heterocycles. The van der Waals surface area contributed by atoms with Gasteiger partial charge in [-0.3, -0.25) is 0 Å². The first-order chi connectivity index (χ1) is 14.2. The number of anilines is 2. The van der Waals surface area contributed by atoms with E-state index in [1.165, 1.54) is 38.9 Å². The zero-order chi connectivity index (χ0) is 20.4. The van der Waals surface area contributed by atoms with Crippen LogP contribution in [0.25, 0.3) is 27.5 Å². The van der Waals surface area contributed by atoms with Gasteiger partial charge in [0.15, 0.2) is 0 Å². The molecule has 0 radical (unpaired) electrons. The summed E-state index contributed by atoms with van der Waals surface area (Å²) in [6, 6.07) is 24.6. The molecule has 0 spiro atoms. The topological polar surface area (TPSA) is 11.4 Å². The molecule has 4 rings (SSSR count). The van der Waals surface area contributed by atoms with Crippen molar-refractivity contribution in [2.24, 2.45) is 0 Å². The molecule has 0 bridgehead atoms. The average Bonchev–Trinajstić information content (AvgIpc) is 3.09. The van der Waals surface area contributed by atoms with Crippen molar-refractivity contribution >= 4 is 33.2 Å². The van der Waals surface area contributed by atoms with E-state index < -0.39 is 0 Å². The SMILES string of the molecule is CCN(CC)c1ccc2c3ccc(N(CC)CC)cc3n(-c3ccccc3)c2c1.